The molecule has 1 aromatic carbocycles. The zero-order valence-corrected chi connectivity index (χ0v) is 11.7. The number of hydrogen-bond donors (Lipinski definition) is 2. The lowest BCUT2D eigenvalue weighted by Gasteiger charge is -2.13. The predicted octanol–water partition coefficient (Wildman–Crippen LogP) is 2.55. The molecule has 6 nitrogen and oxygen atoms in total. The molecule has 0 spiro atoms. The molecule has 1 aliphatic heterocycles. The van der Waals surface area contributed by atoms with Crippen molar-refractivity contribution in [1.29, 1.82) is 0 Å². The third-order valence-electron chi connectivity index (χ3n) is 3.29. The molecule has 0 amide bonds. The van der Waals surface area contributed by atoms with E-state index in [-0.39, 0.29) is 5.69 Å². The maximum absolute atomic E-state index is 10.9. The molecule has 20 heavy (non-hydrogen) atoms. The van der Waals surface area contributed by atoms with Crippen LogP contribution in [0, 0.1) is 10.1 Å². The van der Waals surface area contributed by atoms with Crippen molar-refractivity contribution in [2.24, 2.45) is 0 Å². The van der Waals surface area contributed by atoms with Crippen LogP contribution < -0.4 is 15.4 Å². The standard InChI is InChI=1S/C14H21N3O3/c1-2-6-20-14-8-12(7-13(9-14)17(18)19)16-10-11-4-3-5-15-11/h7-9,11,15-16H,2-6,10H2,1H3. The van der Waals surface area contributed by atoms with Gasteiger partial charge in [-0.25, -0.2) is 0 Å². The highest BCUT2D eigenvalue weighted by Gasteiger charge is 2.15. The first-order chi connectivity index (χ1) is 9.69. The first-order valence-electron chi connectivity index (χ1n) is 7.08. The minimum absolute atomic E-state index is 0.0560. The van der Waals surface area contributed by atoms with E-state index in [1.54, 1.807) is 6.07 Å². The zero-order chi connectivity index (χ0) is 14.4. The summed E-state index contributed by atoms with van der Waals surface area (Å²) in [4.78, 5) is 10.6. The maximum Gasteiger partial charge on any atom is 0.275 e. The van der Waals surface area contributed by atoms with Crippen molar-refractivity contribution in [2.45, 2.75) is 32.2 Å². The summed E-state index contributed by atoms with van der Waals surface area (Å²) >= 11 is 0. The number of rotatable bonds is 7. The van der Waals surface area contributed by atoms with Gasteiger partial charge in [-0.2, -0.15) is 0 Å². The molecular formula is C14H21N3O3. The van der Waals surface area contributed by atoms with Crippen LogP contribution in [0.25, 0.3) is 0 Å². The van der Waals surface area contributed by atoms with E-state index in [1.807, 2.05) is 13.0 Å². The zero-order valence-electron chi connectivity index (χ0n) is 11.7. The molecule has 1 unspecified atom stereocenters. The molecule has 6 heteroatoms. The van der Waals surface area contributed by atoms with Crippen LogP contribution in [0.1, 0.15) is 26.2 Å². The highest BCUT2D eigenvalue weighted by molar-refractivity contribution is 5.56. The van der Waals surface area contributed by atoms with Crippen molar-refractivity contribution in [1.82, 2.24) is 5.32 Å². The largest absolute Gasteiger partial charge is 0.493 e. The number of anilines is 1. The third kappa shape index (κ3) is 4.09. The fraction of sp³-hybridized carbons (Fsp3) is 0.571. The number of non-ortho nitro benzene ring substituents is 1. The van der Waals surface area contributed by atoms with Gasteiger partial charge in [0.1, 0.15) is 5.75 Å². The molecule has 0 aromatic heterocycles. The number of benzene rings is 1. The van der Waals surface area contributed by atoms with E-state index in [0.717, 1.165) is 31.6 Å². The Hall–Kier alpha value is -1.82. The smallest absolute Gasteiger partial charge is 0.275 e. The summed E-state index contributed by atoms with van der Waals surface area (Å²) in [5.41, 5.74) is 0.791. The van der Waals surface area contributed by atoms with Crippen LogP contribution in [0.3, 0.4) is 0 Å². The molecule has 1 aliphatic rings. The van der Waals surface area contributed by atoms with E-state index < -0.39 is 4.92 Å². The van der Waals surface area contributed by atoms with E-state index in [2.05, 4.69) is 10.6 Å². The summed E-state index contributed by atoms with van der Waals surface area (Å²) < 4.78 is 5.50. The quantitative estimate of drug-likeness (QED) is 0.592. The minimum atomic E-state index is -0.391. The molecule has 1 fully saturated rings. The molecule has 2 rings (SSSR count). The average molecular weight is 279 g/mol. The monoisotopic (exact) mass is 279 g/mol. The van der Waals surface area contributed by atoms with Crippen molar-refractivity contribution in [3.8, 4) is 5.75 Å². The van der Waals surface area contributed by atoms with Gasteiger partial charge in [0, 0.05) is 30.4 Å². The van der Waals surface area contributed by atoms with Gasteiger partial charge in [-0.05, 0) is 25.8 Å². The topological polar surface area (TPSA) is 76.4 Å². The Morgan fingerprint density at radius 1 is 1.50 bits per heavy atom. The number of hydrogen-bond acceptors (Lipinski definition) is 5. The minimum Gasteiger partial charge on any atom is -0.493 e. The molecule has 2 N–H and O–H groups in total. The summed E-state index contributed by atoms with van der Waals surface area (Å²) in [5, 5.41) is 17.6. The van der Waals surface area contributed by atoms with Gasteiger partial charge in [0.05, 0.1) is 17.6 Å². The van der Waals surface area contributed by atoms with E-state index in [9.17, 15) is 10.1 Å². The van der Waals surface area contributed by atoms with Crippen molar-refractivity contribution in [3.05, 3.63) is 28.3 Å². The Morgan fingerprint density at radius 3 is 3.00 bits per heavy atom. The van der Waals surface area contributed by atoms with Crippen molar-refractivity contribution in [3.63, 3.8) is 0 Å². The average Bonchev–Trinajstić information content (AvgIpc) is 2.96. The molecule has 0 bridgehead atoms. The Balaban J connectivity index is 2.04. The molecule has 1 heterocycles. The summed E-state index contributed by atoms with van der Waals surface area (Å²) in [5.74, 6) is 0.544. The van der Waals surface area contributed by atoms with Crippen LogP contribution >= 0.6 is 0 Å². The molecule has 1 saturated heterocycles. The summed E-state index contributed by atoms with van der Waals surface area (Å²) in [6, 6.07) is 5.27. The second kappa shape index (κ2) is 7.09. The molecular weight excluding hydrogens is 258 g/mol. The highest BCUT2D eigenvalue weighted by Crippen LogP contribution is 2.26. The Bertz CT molecular complexity index is 459. The van der Waals surface area contributed by atoms with Gasteiger partial charge < -0.3 is 15.4 Å². The van der Waals surface area contributed by atoms with Gasteiger partial charge in [-0.1, -0.05) is 6.92 Å². The van der Waals surface area contributed by atoms with Crippen LogP contribution in [0.2, 0.25) is 0 Å². The second-order valence-corrected chi connectivity index (χ2v) is 5.00. The maximum atomic E-state index is 10.9. The SMILES string of the molecule is CCCOc1cc(NCC2CCCN2)cc([N+](=O)[O-])c1. The van der Waals surface area contributed by atoms with Crippen molar-refractivity contribution < 1.29 is 9.66 Å². The number of nitrogens with one attached hydrogen (secondary N) is 2. The number of nitrogens with zero attached hydrogens (tertiary/aromatic N) is 1. The molecule has 0 aliphatic carbocycles. The fourth-order valence-corrected chi connectivity index (χ4v) is 2.27. The molecule has 1 aromatic rings. The number of nitro groups is 1. The molecule has 0 saturated carbocycles. The summed E-state index contributed by atoms with van der Waals surface area (Å²) in [6.45, 7) is 4.38. The van der Waals surface area contributed by atoms with E-state index >= 15 is 0 Å². The van der Waals surface area contributed by atoms with Gasteiger partial charge in [0.25, 0.3) is 5.69 Å². The lowest BCUT2D eigenvalue weighted by Crippen LogP contribution is -2.29. The third-order valence-corrected chi connectivity index (χ3v) is 3.29. The summed E-state index contributed by atoms with van der Waals surface area (Å²) in [6.07, 6.45) is 3.20. The fourth-order valence-electron chi connectivity index (χ4n) is 2.27. The Kier molecular flexibility index (Phi) is 5.17. The lowest BCUT2D eigenvalue weighted by molar-refractivity contribution is -0.384. The van der Waals surface area contributed by atoms with Crippen LogP contribution in [0.5, 0.6) is 5.75 Å². The Morgan fingerprint density at radius 2 is 2.35 bits per heavy atom. The van der Waals surface area contributed by atoms with Crippen molar-refractivity contribution in [2.75, 3.05) is 25.0 Å². The highest BCUT2D eigenvalue weighted by atomic mass is 16.6. The van der Waals surface area contributed by atoms with Gasteiger partial charge in [-0.3, -0.25) is 10.1 Å². The first-order valence-corrected chi connectivity index (χ1v) is 7.08. The molecule has 1 atom stereocenters. The van der Waals surface area contributed by atoms with Gasteiger partial charge in [0.2, 0.25) is 0 Å². The van der Waals surface area contributed by atoms with Gasteiger partial charge in [-0.15, -0.1) is 0 Å². The van der Waals surface area contributed by atoms with Crippen LogP contribution in [-0.2, 0) is 0 Å². The predicted molar refractivity (Wildman–Crippen MR) is 78.4 cm³/mol. The summed E-state index contributed by atoms with van der Waals surface area (Å²) in [7, 11) is 0. The second-order valence-electron chi connectivity index (χ2n) is 5.00. The van der Waals surface area contributed by atoms with Crippen LogP contribution in [0.4, 0.5) is 11.4 Å². The lowest BCUT2D eigenvalue weighted by atomic mass is 10.2. The Labute approximate surface area is 118 Å². The first kappa shape index (κ1) is 14.6. The van der Waals surface area contributed by atoms with Gasteiger partial charge >= 0.3 is 0 Å². The molecule has 110 valence electrons. The van der Waals surface area contributed by atoms with E-state index in [4.69, 9.17) is 4.74 Å². The van der Waals surface area contributed by atoms with Gasteiger partial charge in [0.15, 0.2) is 0 Å². The van der Waals surface area contributed by atoms with E-state index in [0.29, 0.717) is 18.4 Å². The van der Waals surface area contributed by atoms with Crippen molar-refractivity contribution >= 4 is 11.4 Å². The van der Waals surface area contributed by atoms with E-state index in [1.165, 1.54) is 12.5 Å². The number of nitro benzene ring substituents is 1. The molecule has 0 radical (unpaired) electrons. The van der Waals surface area contributed by atoms with Crippen LogP contribution in [0.15, 0.2) is 18.2 Å². The number of ether oxygens (including phenoxy) is 1. The normalized spacial score (nSPS) is 17.9. The van der Waals surface area contributed by atoms with Crippen LogP contribution in [-0.4, -0.2) is 30.7 Å².